The smallest absolute Gasteiger partial charge is 0.255 e. The molecule has 0 bridgehead atoms. The number of pyridine rings is 2. The van der Waals surface area contributed by atoms with Gasteiger partial charge in [0.15, 0.2) is 11.5 Å². The summed E-state index contributed by atoms with van der Waals surface area (Å²) in [6.45, 7) is 6.65. The zero-order valence-corrected chi connectivity index (χ0v) is 20.8. The summed E-state index contributed by atoms with van der Waals surface area (Å²) >= 11 is 0. The Bertz CT molecular complexity index is 1510. The Morgan fingerprint density at radius 2 is 1.76 bits per heavy atom. The Morgan fingerprint density at radius 1 is 1.05 bits per heavy atom. The average Bonchev–Trinajstić information content (AvgIpc) is 3.17. The zero-order chi connectivity index (χ0) is 26.1. The standard InChI is InChI=1S/C28H27F2N5O2/c1-15-11-34-12-17(8-22(30)26(34)32-15)27(36)35-13-20-21(14-35)25(20)37-24-10-18(28(2,3)31)9-23(33-24)16-4-6-19(29)7-5-16/h4-12,20-21,25H,13-14,31H2,1-3H3/t20-,21+,25?. The fourth-order valence-electron chi connectivity index (χ4n) is 5.14. The SMILES string of the molecule is Cc1cn2cc(C(=O)N3C[C@@H]4C(Oc5cc(C(C)(C)N)cc(-c6ccc(F)cc6)n5)[C@@H]4C3)cc(F)c2n1. The zero-order valence-electron chi connectivity index (χ0n) is 20.8. The minimum atomic E-state index is -0.622. The van der Waals surface area contributed by atoms with Gasteiger partial charge in [0.25, 0.3) is 5.91 Å². The molecule has 3 aromatic heterocycles. The van der Waals surface area contributed by atoms with Crippen LogP contribution in [-0.4, -0.2) is 44.4 Å². The van der Waals surface area contributed by atoms with Crippen LogP contribution in [0.4, 0.5) is 8.78 Å². The molecule has 1 saturated heterocycles. The summed E-state index contributed by atoms with van der Waals surface area (Å²) in [5.74, 6) is -0.229. The monoisotopic (exact) mass is 503 g/mol. The molecule has 3 atom stereocenters. The molecular formula is C28H27F2N5O2. The van der Waals surface area contributed by atoms with Gasteiger partial charge < -0.3 is 19.8 Å². The number of nitrogens with zero attached hydrogens (tertiary/aromatic N) is 4. The van der Waals surface area contributed by atoms with Crippen molar-refractivity contribution in [2.75, 3.05) is 13.1 Å². The van der Waals surface area contributed by atoms with E-state index in [1.54, 1.807) is 40.8 Å². The van der Waals surface area contributed by atoms with Gasteiger partial charge in [-0.15, -0.1) is 0 Å². The van der Waals surface area contributed by atoms with Crippen LogP contribution in [0.5, 0.6) is 5.88 Å². The van der Waals surface area contributed by atoms with E-state index in [1.807, 2.05) is 26.0 Å². The second-order valence-electron chi connectivity index (χ2n) is 10.6. The van der Waals surface area contributed by atoms with Crippen molar-refractivity contribution in [3.05, 3.63) is 83.3 Å². The van der Waals surface area contributed by atoms with Crippen molar-refractivity contribution < 1.29 is 18.3 Å². The first-order valence-corrected chi connectivity index (χ1v) is 12.2. The highest BCUT2D eigenvalue weighted by molar-refractivity contribution is 5.94. The van der Waals surface area contributed by atoms with Gasteiger partial charge >= 0.3 is 0 Å². The molecule has 9 heteroatoms. The van der Waals surface area contributed by atoms with Crippen molar-refractivity contribution in [1.29, 1.82) is 0 Å². The number of fused-ring (bicyclic) bond motifs is 2. The molecular weight excluding hydrogens is 476 g/mol. The van der Waals surface area contributed by atoms with E-state index in [2.05, 4.69) is 9.97 Å². The highest BCUT2D eigenvalue weighted by atomic mass is 19.1. The van der Waals surface area contributed by atoms with E-state index < -0.39 is 11.4 Å². The maximum absolute atomic E-state index is 14.5. The number of amides is 1. The van der Waals surface area contributed by atoms with Crippen LogP contribution in [0.3, 0.4) is 0 Å². The predicted octanol–water partition coefficient (Wildman–Crippen LogP) is 4.33. The molecule has 2 aliphatic rings. The summed E-state index contributed by atoms with van der Waals surface area (Å²) in [4.78, 5) is 23.7. The molecule has 1 aromatic carbocycles. The third-order valence-electron chi connectivity index (χ3n) is 7.22. The van der Waals surface area contributed by atoms with Gasteiger partial charge in [-0.1, -0.05) is 0 Å². The van der Waals surface area contributed by atoms with Crippen LogP contribution in [0.1, 0.15) is 35.5 Å². The van der Waals surface area contributed by atoms with E-state index in [-0.39, 0.29) is 35.3 Å². The Kier molecular flexibility index (Phi) is 5.31. The van der Waals surface area contributed by atoms with Gasteiger partial charge in [-0.2, -0.15) is 0 Å². The van der Waals surface area contributed by atoms with E-state index in [9.17, 15) is 13.6 Å². The van der Waals surface area contributed by atoms with Crippen LogP contribution in [0.2, 0.25) is 0 Å². The number of halogens is 2. The summed E-state index contributed by atoms with van der Waals surface area (Å²) in [5.41, 5.74) is 9.21. The summed E-state index contributed by atoms with van der Waals surface area (Å²) in [7, 11) is 0. The molecule has 190 valence electrons. The van der Waals surface area contributed by atoms with E-state index in [0.717, 1.165) is 11.1 Å². The molecule has 1 unspecified atom stereocenters. The van der Waals surface area contributed by atoms with Gasteiger partial charge in [0, 0.05) is 54.5 Å². The van der Waals surface area contributed by atoms with Crippen LogP contribution >= 0.6 is 0 Å². The summed E-state index contributed by atoms with van der Waals surface area (Å²) < 4.78 is 35.7. The van der Waals surface area contributed by atoms with Crippen LogP contribution in [-0.2, 0) is 5.54 Å². The largest absolute Gasteiger partial charge is 0.474 e. The Balaban J connectivity index is 1.18. The van der Waals surface area contributed by atoms with Crippen LogP contribution < -0.4 is 10.5 Å². The molecule has 7 nitrogen and oxygen atoms in total. The van der Waals surface area contributed by atoms with Crippen LogP contribution in [0, 0.1) is 30.4 Å². The molecule has 37 heavy (non-hydrogen) atoms. The number of likely N-dealkylation sites (tertiary alicyclic amines) is 1. The lowest BCUT2D eigenvalue weighted by atomic mass is 9.95. The molecule has 4 heterocycles. The summed E-state index contributed by atoms with van der Waals surface area (Å²) in [5, 5.41) is 0. The van der Waals surface area contributed by atoms with Gasteiger partial charge in [0.05, 0.1) is 17.0 Å². The molecule has 6 rings (SSSR count). The number of carbonyl (C=O) groups is 1. The van der Waals surface area contributed by atoms with Crippen molar-refractivity contribution >= 4 is 11.6 Å². The number of aryl methyl sites for hydroxylation is 1. The molecule has 1 aliphatic heterocycles. The van der Waals surface area contributed by atoms with Crippen molar-refractivity contribution in [2.24, 2.45) is 17.6 Å². The van der Waals surface area contributed by atoms with Crippen molar-refractivity contribution in [2.45, 2.75) is 32.4 Å². The van der Waals surface area contributed by atoms with E-state index in [1.165, 1.54) is 18.2 Å². The quantitative estimate of drug-likeness (QED) is 0.438. The van der Waals surface area contributed by atoms with E-state index >= 15 is 0 Å². The predicted molar refractivity (Wildman–Crippen MR) is 134 cm³/mol. The van der Waals surface area contributed by atoms with Crippen LogP contribution in [0.15, 0.2) is 54.9 Å². The molecule has 2 fully saturated rings. The lowest BCUT2D eigenvalue weighted by molar-refractivity contribution is 0.0750. The number of imidazole rings is 1. The molecule has 0 spiro atoms. The maximum atomic E-state index is 14.5. The molecule has 1 aliphatic carbocycles. The Hall–Kier alpha value is -3.85. The van der Waals surface area contributed by atoms with Crippen molar-refractivity contribution in [1.82, 2.24) is 19.3 Å². The molecule has 0 radical (unpaired) electrons. The average molecular weight is 504 g/mol. The van der Waals surface area contributed by atoms with Gasteiger partial charge in [-0.3, -0.25) is 4.79 Å². The molecule has 1 saturated carbocycles. The molecule has 4 aromatic rings. The number of nitrogens with two attached hydrogens (primary N) is 1. The number of aromatic nitrogens is 3. The Morgan fingerprint density at radius 3 is 2.43 bits per heavy atom. The third kappa shape index (κ3) is 4.33. The topological polar surface area (TPSA) is 85.8 Å². The van der Waals surface area contributed by atoms with E-state index in [4.69, 9.17) is 10.5 Å². The van der Waals surface area contributed by atoms with Gasteiger partial charge in [-0.05, 0) is 62.7 Å². The first-order valence-electron chi connectivity index (χ1n) is 12.2. The lowest BCUT2D eigenvalue weighted by Gasteiger charge is -2.22. The number of hydrogen-bond acceptors (Lipinski definition) is 5. The summed E-state index contributed by atoms with van der Waals surface area (Å²) in [6, 6.07) is 11.1. The van der Waals surface area contributed by atoms with Crippen molar-refractivity contribution in [3.8, 4) is 17.1 Å². The maximum Gasteiger partial charge on any atom is 0.255 e. The second kappa shape index (κ2) is 8.34. The summed E-state index contributed by atoms with van der Waals surface area (Å²) in [6.07, 6.45) is 3.26. The molecule has 1 amide bonds. The number of carbonyl (C=O) groups excluding carboxylic acids is 1. The minimum absolute atomic E-state index is 0.0655. The number of hydrogen-bond donors (Lipinski definition) is 1. The normalized spacial score (nSPS) is 20.8. The minimum Gasteiger partial charge on any atom is -0.474 e. The lowest BCUT2D eigenvalue weighted by Crippen LogP contribution is -2.33. The second-order valence-corrected chi connectivity index (χ2v) is 10.6. The number of ether oxygens (including phenoxy) is 1. The fraction of sp³-hybridized carbons (Fsp3) is 0.321. The van der Waals surface area contributed by atoms with E-state index in [0.29, 0.717) is 35.9 Å². The number of benzene rings is 1. The van der Waals surface area contributed by atoms with Gasteiger partial charge in [-0.25, -0.2) is 18.7 Å². The first-order chi connectivity index (χ1) is 17.6. The van der Waals surface area contributed by atoms with Gasteiger partial charge in [0.1, 0.15) is 11.9 Å². The highest BCUT2D eigenvalue weighted by Gasteiger charge is 2.59. The number of rotatable bonds is 5. The Labute approximate surface area is 212 Å². The highest BCUT2D eigenvalue weighted by Crippen LogP contribution is 2.48. The van der Waals surface area contributed by atoms with Gasteiger partial charge in [0.2, 0.25) is 5.88 Å². The number of piperidine rings is 1. The molecule has 2 N–H and O–H groups in total. The fourth-order valence-corrected chi connectivity index (χ4v) is 5.14. The van der Waals surface area contributed by atoms with Crippen molar-refractivity contribution in [3.63, 3.8) is 0 Å². The third-order valence-corrected chi connectivity index (χ3v) is 7.22. The first kappa shape index (κ1) is 23.5. The van der Waals surface area contributed by atoms with Crippen LogP contribution in [0.25, 0.3) is 16.9 Å².